The number of aryl methyl sites for hydroxylation is 1. The van der Waals surface area contributed by atoms with Crippen molar-refractivity contribution in [3.8, 4) is 0 Å². The average Bonchev–Trinajstić information content (AvgIpc) is 3.27. The van der Waals surface area contributed by atoms with Crippen molar-refractivity contribution in [1.29, 1.82) is 0 Å². The van der Waals surface area contributed by atoms with Gasteiger partial charge in [0.1, 0.15) is 11.6 Å². The molecule has 1 aliphatic rings. The highest BCUT2D eigenvalue weighted by molar-refractivity contribution is 7.89. The summed E-state index contributed by atoms with van der Waals surface area (Å²) < 4.78 is 28.0. The van der Waals surface area contributed by atoms with E-state index in [0.29, 0.717) is 11.4 Å². The summed E-state index contributed by atoms with van der Waals surface area (Å²) in [5, 5.41) is 0.989. The topological polar surface area (TPSA) is 92.3 Å². The van der Waals surface area contributed by atoms with Crippen molar-refractivity contribution in [1.82, 2.24) is 14.7 Å². The number of carbonyl (C=O) groups is 1. The van der Waals surface area contributed by atoms with Gasteiger partial charge in [0.25, 0.3) is 0 Å². The Morgan fingerprint density at radius 1 is 1.07 bits per heavy atom. The highest BCUT2D eigenvalue weighted by Crippen LogP contribution is 2.28. The summed E-state index contributed by atoms with van der Waals surface area (Å²) in [6.07, 6.45) is 2.24. The number of carbonyl (C=O) groups excluding carboxylic acids is 1. The van der Waals surface area contributed by atoms with Crippen LogP contribution in [-0.4, -0.2) is 37.3 Å². The molecule has 0 saturated carbocycles. The Hall–Kier alpha value is -2.84. The second-order valence-electron chi connectivity index (χ2n) is 7.53. The zero-order valence-electron chi connectivity index (χ0n) is 17.1. The van der Waals surface area contributed by atoms with E-state index in [1.807, 2.05) is 25.1 Å². The lowest BCUT2D eigenvalue weighted by molar-refractivity contribution is 0.101. The molecule has 4 rings (SSSR count). The maximum atomic E-state index is 12.7. The zero-order valence-corrected chi connectivity index (χ0v) is 17.9. The van der Waals surface area contributed by atoms with E-state index >= 15 is 0 Å². The Balaban J connectivity index is 1.63. The summed E-state index contributed by atoms with van der Waals surface area (Å²) in [4.78, 5) is 23.1. The van der Waals surface area contributed by atoms with Crippen molar-refractivity contribution in [2.75, 3.05) is 18.0 Å². The summed E-state index contributed by atoms with van der Waals surface area (Å²) in [7, 11) is -3.75. The van der Waals surface area contributed by atoms with E-state index < -0.39 is 10.0 Å². The van der Waals surface area contributed by atoms with Gasteiger partial charge >= 0.3 is 0 Å². The number of hydrogen-bond donors (Lipinski definition) is 1. The third-order valence-electron chi connectivity index (χ3n) is 5.35. The van der Waals surface area contributed by atoms with Gasteiger partial charge in [0.15, 0.2) is 5.78 Å². The molecule has 30 heavy (non-hydrogen) atoms. The monoisotopic (exact) mass is 424 g/mol. The number of aromatic nitrogens is 2. The number of rotatable bonds is 6. The first-order valence-corrected chi connectivity index (χ1v) is 11.5. The van der Waals surface area contributed by atoms with Crippen LogP contribution in [0, 0.1) is 6.92 Å². The van der Waals surface area contributed by atoms with Gasteiger partial charge in [-0.1, -0.05) is 24.3 Å². The number of anilines is 1. The lowest BCUT2D eigenvalue weighted by Crippen LogP contribution is -2.26. The Morgan fingerprint density at radius 2 is 1.77 bits per heavy atom. The Kier molecular flexibility index (Phi) is 5.53. The minimum Gasteiger partial charge on any atom is -0.356 e. The quantitative estimate of drug-likeness (QED) is 0.611. The van der Waals surface area contributed by atoms with Crippen LogP contribution in [0.25, 0.3) is 10.9 Å². The molecule has 0 aliphatic carbocycles. The van der Waals surface area contributed by atoms with Crippen molar-refractivity contribution in [3.05, 3.63) is 59.4 Å². The molecule has 2 heterocycles. The van der Waals surface area contributed by atoms with E-state index in [4.69, 9.17) is 4.98 Å². The summed E-state index contributed by atoms with van der Waals surface area (Å²) in [6, 6.07) is 11.9. The van der Waals surface area contributed by atoms with Gasteiger partial charge in [0.05, 0.1) is 17.0 Å². The third-order valence-corrected chi connectivity index (χ3v) is 6.77. The number of nitrogens with zero attached hydrogens (tertiary/aromatic N) is 3. The first kappa shape index (κ1) is 20.4. The van der Waals surface area contributed by atoms with E-state index in [-0.39, 0.29) is 17.2 Å². The standard InChI is InChI=1S/C22H24N4O3S/c1-15-6-5-7-19-21(15)24-20(25-22(19)26-12-3-4-13-26)14-23-30(28,29)18-10-8-17(9-11-18)16(2)27/h5-11,23H,3-4,12-14H2,1-2H3. The second kappa shape index (κ2) is 8.12. The molecule has 3 aromatic rings. The predicted molar refractivity (Wildman–Crippen MR) is 116 cm³/mol. The molecule has 8 heteroatoms. The molecule has 0 bridgehead atoms. The maximum Gasteiger partial charge on any atom is 0.240 e. The smallest absolute Gasteiger partial charge is 0.240 e. The van der Waals surface area contributed by atoms with Crippen molar-refractivity contribution < 1.29 is 13.2 Å². The molecule has 1 aromatic heterocycles. The molecule has 7 nitrogen and oxygen atoms in total. The minimum absolute atomic E-state index is 0.0120. The maximum absolute atomic E-state index is 12.7. The zero-order chi connectivity index (χ0) is 21.3. The van der Waals surface area contributed by atoms with Crippen LogP contribution >= 0.6 is 0 Å². The number of sulfonamides is 1. The van der Waals surface area contributed by atoms with Crippen LogP contribution in [0.2, 0.25) is 0 Å². The highest BCUT2D eigenvalue weighted by Gasteiger charge is 2.20. The molecular weight excluding hydrogens is 400 g/mol. The van der Waals surface area contributed by atoms with Crippen LogP contribution < -0.4 is 9.62 Å². The van der Waals surface area contributed by atoms with E-state index in [0.717, 1.165) is 48.2 Å². The van der Waals surface area contributed by atoms with E-state index in [2.05, 4.69) is 14.6 Å². The van der Waals surface area contributed by atoms with Gasteiger partial charge in [-0.05, 0) is 50.5 Å². The molecule has 1 saturated heterocycles. The number of fused-ring (bicyclic) bond motifs is 1. The molecule has 156 valence electrons. The van der Waals surface area contributed by atoms with Crippen molar-refractivity contribution in [2.45, 2.75) is 38.1 Å². The van der Waals surface area contributed by atoms with Gasteiger partial charge in [0, 0.05) is 24.0 Å². The summed E-state index contributed by atoms with van der Waals surface area (Å²) in [5.74, 6) is 1.19. The fraction of sp³-hybridized carbons (Fsp3) is 0.318. The van der Waals surface area contributed by atoms with Crippen molar-refractivity contribution in [2.24, 2.45) is 0 Å². The highest BCUT2D eigenvalue weighted by atomic mass is 32.2. The summed E-state index contributed by atoms with van der Waals surface area (Å²) >= 11 is 0. The van der Waals surface area contributed by atoms with E-state index in [1.54, 1.807) is 0 Å². The first-order valence-electron chi connectivity index (χ1n) is 9.97. The molecule has 0 unspecified atom stereocenters. The molecule has 0 spiro atoms. The lowest BCUT2D eigenvalue weighted by atomic mass is 10.1. The summed E-state index contributed by atoms with van der Waals surface area (Å²) in [5.41, 5.74) is 2.34. The third kappa shape index (κ3) is 4.06. The van der Waals surface area contributed by atoms with Crippen LogP contribution in [0.5, 0.6) is 0 Å². The number of para-hydroxylation sites is 1. The molecule has 2 aromatic carbocycles. The van der Waals surface area contributed by atoms with Gasteiger partial charge in [-0.15, -0.1) is 0 Å². The van der Waals surface area contributed by atoms with Crippen LogP contribution in [0.3, 0.4) is 0 Å². The van der Waals surface area contributed by atoms with Gasteiger partial charge in [0.2, 0.25) is 10.0 Å². The van der Waals surface area contributed by atoms with E-state index in [1.165, 1.54) is 31.2 Å². The number of benzene rings is 2. The fourth-order valence-electron chi connectivity index (χ4n) is 3.69. The van der Waals surface area contributed by atoms with Crippen LogP contribution in [0.15, 0.2) is 47.4 Å². The van der Waals surface area contributed by atoms with Crippen molar-refractivity contribution >= 4 is 32.5 Å². The molecule has 1 fully saturated rings. The summed E-state index contributed by atoms with van der Waals surface area (Å²) in [6.45, 7) is 5.30. The van der Waals surface area contributed by atoms with Crippen LogP contribution in [0.1, 0.15) is 41.5 Å². The number of hydrogen-bond acceptors (Lipinski definition) is 6. The first-order chi connectivity index (χ1) is 14.3. The fourth-order valence-corrected chi connectivity index (χ4v) is 4.67. The van der Waals surface area contributed by atoms with Gasteiger partial charge in [-0.25, -0.2) is 23.1 Å². The molecular formula is C22H24N4O3S. The number of Topliss-reactive ketones (excluding diaryl/α,β-unsaturated/α-hetero) is 1. The minimum atomic E-state index is -3.75. The molecule has 0 radical (unpaired) electrons. The molecule has 0 atom stereocenters. The Morgan fingerprint density at radius 3 is 2.43 bits per heavy atom. The van der Waals surface area contributed by atoms with E-state index in [9.17, 15) is 13.2 Å². The average molecular weight is 425 g/mol. The Labute approximate surface area is 176 Å². The van der Waals surface area contributed by atoms with Crippen LogP contribution in [0.4, 0.5) is 5.82 Å². The number of nitrogens with one attached hydrogen (secondary N) is 1. The second-order valence-corrected chi connectivity index (χ2v) is 9.30. The van der Waals surface area contributed by atoms with Gasteiger partial charge < -0.3 is 4.90 Å². The van der Waals surface area contributed by atoms with Gasteiger partial charge in [-0.3, -0.25) is 4.79 Å². The number of ketones is 1. The SMILES string of the molecule is CC(=O)c1ccc(S(=O)(=O)NCc2nc(N3CCCC3)c3cccc(C)c3n2)cc1. The molecule has 1 aliphatic heterocycles. The Bertz CT molecular complexity index is 1200. The van der Waals surface area contributed by atoms with Crippen LogP contribution in [-0.2, 0) is 16.6 Å². The normalized spacial score (nSPS) is 14.4. The van der Waals surface area contributed by atoms with Crippen molar-refractivity contribution in [3.63, 3.8) is 0 Å². The molecule has 0 amide bonds. The van der Waals surface area contributed by atoms with Gasteiger partial charge in [-0.2, -0.15) is 0 Å². The molecule has 1 N–H and O–H groups in total. The predicted octanol–water partition coefficient (Wildman–Crippen LogP) is 3.22. The largest absolute Gasteiger partial charge is 0.356 e. The lowest BCUT2D eigenvalue weighted by Gasteiger charge is -2.20.